The Hall–Kier alpha value is -1.90. The molecule has 0 bridgehead atoms. The van der Waals surface area contributed by atoms with Crippen molar-refractivity contribution in [2.24, 2.45) is 11.8 Å². The average Bonchev–Trinajstić information content (AvgIpc) is 3.27. The molecule has 1 aromatic carbocycles. The third-order valence-electron chi connectivity index (χ3n) is 5.63. The lowest BCUT2D eigenvalue weighted by atomic mass is 9.85. The van der Waals surface area contributed by atoms with Crippen LogP contribution >= 0.6 is 11.3 Å². The molecule has 1 unspecified atom stereocenters. The van der Waals surface area contributed by atoms with Gasteiger partial charge in [0.05, 0.1) is 0 Å². The van der Waals surface area contributed by atoms with Gasteiger partial charge in [0, 0.05) is 45.3 Å². The van der Waals surface area contributed by atoms with Crippen LogP contribution in [-0.4, -0.2) is 45.8 Å². The van der Waals surface area contributed by atoms with Gasteiger partial charge in [-0.05, 0) is 47.9 Å². The second-order valence-electron chi connectivity index (χ2n) is 7.74. The van der Waals surface area contributed by atoms with Gasteiger partial charge in [0.2, 0.25) is 5.91 Å². The highest BCUT2D eigenvalue weighted by atomic mass is 32.2. The van der Waals surface area contributed by atoms with E-state index in [1.807, 2.05) is 50.2 Å². The van der Waals surface area contributed by atoms with Crippen LogP contribution < -0.4 is 10.2 Å². The molecule has 1 atom stereocenters. The van der Waals surface area contributed by atoms with E-state index in [4.69, 9.17) is 0 Å². The van der Waals surface area contributed by atoms with E-state index in [1.54, 1.807) is 21.8 Å². The third-order valence-corrected chi connectivity index (χ3v) is 8.90. The summed E-state index contributed by atoms with van der Waals surface area (Å²) >= 11 is 1.25. The number of piperidine rings is 1. The average molecular weight is 436 g/mol. The Kier molecular flexibility index (Phi) is 6.97. The molecule has 2 heterocycles. The van der Waals surface area contributed by atoms with Crippen molar-refractivity contribution in [1.82, 2.24) is 9.62 Å². The minimum atomic E-state index is -3.40. The molecule has 2 aromatic rings. The molecule has 1 saturated heterocycles. The highest BCUT2D eigenvalue weighted by molar-refractivity contribution is 7.91. The monoisotopic (exact) mass is 435 g/mol. The molecular weight excluding hydrogens is 406 g/mol. The zero-order valence-corrected chi connectivity index (χ0v) is 18.8. The van der Waals surface area contributed by atoms with Gasteiger partial charge in [-0.25, -0.2) is 8.42 Å². The van der Waals surface area contributed by atoms with Crippen molar-refractivity contribution >= 4 is 33.0 Å². The summed E-state index contributed by atoms with van der Waals surface area (Å²) in [5.41, 5.74) is 2.19. The fourth-order valence-corrected chi connectivity index (χ4v) is 6.24. The van der Waals surface area contributed by atoms with E-state index in [1.165, 1.54) is 11.3 Å². The number of hydrogen-bond acceptors (Lipinski definition) is 5. The molecular formula is C21H29N3O3S2. The van der Waals surface area contributed by atoms with Crippen LogP contribution in [-0.2, 0) is 21.4 Å². The first-order valence-electron chi connectivity index (χ1n) is 9.86. The molecule has 1 aromatic heterocycles. The van der Waals surface area contributed by atoms with Gasteiger partial charge in [-0.15, -0.1) is 11.3 Å². The Labute approximate surface area is 177 Å². The Bertz CT molecular complexity index is 901. The summed E-state index contributed by atoms with van der Waals surface area (Å²) in [5, 5.41) is 4.80. The molecule has 29 heavy (non-hydrogen) atoms. The quantitative estimate of drug-likeness (QED) is 0.725. The van der Waals surface area contributed by atoms with Crippen molar-refractivity contribution < 1.29 is 13.2 Å². The molecule has 1 N–H and O–H groups in total. The Morgan fingerprint density at radius 2 is 1.86 bits per heavy atom. The Morgan fingerprint density at radius 1 is 1.21 bits per heavy atom. The van der Waals surface area contributed by atoms with Crippen molar-refractivity contribution in [3.05, 3.63) is 47.3 Å². The molecule has 0 saturated carbocycles. The van der Waals surface area contributed by atoms with E-state index in [9.17, 15) is 13.2 Å². The Balaban J connectivity index is 1.49. The zero-order chi connectivity index (χ0) is 21.0. The highest BCUT2D eigenvalue weighted by Gasteiger charge is 2.33. The molecule has 8 heteroatoms. The van der Waals surface area contributed by atoms with Crippen molar-refractivity contribution in [2.45, 2.75) is 30.5 Å². The lowest BCUT2D eigenvalue weighted by Gasteiger charge is -2.33. The van der Waals surface area contributed by atoms with E-state index in [2.05, 4.69) is 5.32 Å². The van der Waals surface area contributed by atoms with Gasteiger partial charge < -0.3 is 10.2 Å². The van der Waals surface area contributed by atoms with Crippen molar-refractivity contribution in [2.75, 3.05) is 32.1 Å². The molecule has 0 aliphatic carbocycles. The topological polar surface area (TPSA) is 69.7 Å². The van der Waals surface area contributed by atoms with Crippen molar-refractivity contribution in [1.29, 1.82) is 0 Å². The molecule has 1 amide bonds. The first-order chi connectivity index (χ1) is 13.8. The predicted molar refractivity (Wildman–Crippen MR) is 118 cm³/mol. The van der Waals surface area contributed by atoms with E-state index in [0.717, 1.165) is 11.3 Å². The number of nitrogens with zero attached hydrogens (tertiary/aromatic N) is 2. The van der Waals surface area contributed by atoms with Crippen LogP contribution in [0, 0.1) is 11.8 Å². The summed E-state index contributed by atoms with van der Waals surface area (Å²) in [5.74, 6) is 0.0878. The number of benzene rings is 1. The highest BCUT2D eigenvalue weighted by Crippen LogP contribution is 2.30. The van der Waals surface area contributed by atoms with Crippen LogP contribution in [0.5, 0.6) is 0 Å². The lowest BCUT2D eigenvalue weighted by molar-refractivity contribution is -0.126. The smallest absolute Gasteiger partial charge is 0.252 e. The second kappa shape index (κ2) is 9.28. The number of thiophene rings is 1. The van der Waals surface area contributed by atoms with Gasteiger partial charge in [0.25, 0.3) is 10.0 Å². The molecule has 1 fully saturated rings. The maximum Gasteiger partial charge on any atom is 0.252 e. The first kappa shape index (κ1) is 21.8. The van der Waals surface area contributed by atoms with E-state index < -0.39 is 10.0 Å². The van der Waals surface area contributed by atoms with Crippen molar-refractivity contribution in [3.8, 4) is 0 Å². The SMILES string of the molecule is CC(C(=O)NCc1ccc(N(C)C)cc1)C1CCN(S(=O)(=O)c2cccs2)CC1. The van der Waals surface area contributed by atoms with E-state index >= 15 is 0 Å². The number of hydrogen-bond donors (Lipinski definition) is 1. The van der Waals surface area contributed by atoms with Crippen LogP contribution in [0.1, 0.15) is 25.3 Å². The fraction of sp³-hybridized carbons (Fsp3) is 0.476. The first-order valence-corrected chi connectivity index (χ1v) is 12.2. The summed E-state index contributed by atoms with van der Waals surface area (Å²) in [6.45, 7) is 3.38. The molecule has 0 spiro atoms. The third kappa shape index (κ3) is 5.18. The summed E-state index contributed by atoms with van der Waals surface area (Å²) in [6, 6.07) is 11.5. The van der Waals surface area contributed by atoms with E-state index in [0.29, 0.717) is 36.7 Å². The maximum absolute atomic E-state index is 12.6. The molecule has 6 nitrogen and oxygen atoms in total. The normalized spacial score (nSPS) is 17.1. The lowest BCUT2D eigenvalue weighted by Crippen LogP contribution is -2.42. The number of carbonyl (C=O) groups excluding carboxylic acids is 1. The molecule has 1 aliphatic rings. The van der Waals surface area contributed by atoms with Crippen molar-refractivity contribution in [3.63, 3.8) is 0 Å². The van der Waals surface area contributed by atoms with Gasteiger partial charge in [-0.2, -0.15) is 4.31 Å². The fourth-order valence-electron chi connectivity index (χ4n) is 3.63. The second-order valence-corrected chi connectivity index (χ2v) is 10.9. The number of anilines is 1. The van der Waals surface area contributed by atoms with Crippen LogP contribution in [0.15, 0.2) is 46.0 Å². The molecule has 158 valence electrons. The van der Waals surface area contributed by atoms with Gasteiger partial charge >= 0.3 is 0 Å². The van der Waals surface area contributed by atoms with Gasteiger partial charge in [0.1, 0.15) is 4.21 Å². The van der Waals surface area contributed by atoms with Crippen LogP contribution in [0.2, 0.25) is 0 Å². The van der Waals surface area contributed by atoms with Crippen LogP contribution in [0.4, 0.5) is 5.69 Å². The number of carbonyl (C=O) groups is 1. The van der Waals surface area contributed by atoms with Gasteiger partial charge in [-0.3, -0.25) is 4.79 Å². The summed E-state index contributed by atoms with van der Waals surface area (Å²) < 4.78 is 27.2. The van der Waals surface area contributed by atoms with E-state index in [-0.39, 0.29) is 17.7 Å². The number of amides is 1. The van der Waals surface area contributed by atoms with Gasteiger partial charge in [-0.1, -0.05) is 25.1 Å². The van der Waals surface area contributed by atoms with Crippen LogP contribution in [0.3, 0.4) is 0 Å². The minimum Gasteiger partial charge on any atom is -0.378 e. The molecule has 1 aliphatic heterocycles. The number of nitrogens with one attached hydrogen (secondary N) is 1. The van der Waals surface area contributed by atoms with Gasteiger partial charge in [0.15, 0.2) is 0 Å². The standard InChI is InChI=1S/C21H29N3O3S2/c1-16(21(25)22-15-17-6-8-19(9-7-17)23(2)3)18-10-12-24(13-11-18)29(26,27)20-5-4-14-28-20/h4-9,14,16,18H,10-13,15H2,1-3H3,(H,22,25). The Morgan fingerprint density at radius 3 is 2.41 bits per heavy atom. The maximum atomic E-state index is 12.6. The zero-order valence-electron chi connectivity index (χ0n) is 17.2. The minimum absolute atomic E-state index is 0.0289. The largest absolute Gasteiger partial charge is 0.378 e. The molecule has 0 radical (unpaired) electrons. The summed E-state index contributed by atoms with van der Waals surface area (Å²) in [7, 11) is 0.595. The van der Waals surface area contributed by atoms with Crippen LogP contribution in [0.25, 0.3) is 0 Å². The summed E-state index contributed by atoms with van der Waals surface area (Å²) in [4.78, 5) is 14.6. The molecule has 3 rings (SSSR count). The predicted octanol–water partition coefficient (Wildman–Crippen LogP) is 3.17. The summed E-state index contributed by atoms with van der Waals surface area (Å²) in [6.07, 6.45) is 1.41. The number of sulfonamides is 1. The number of rotatable bonds is 7.